The molecule has 5 aromatic rings. The van der Waals surface area contributed by atoms with Gasteiger partial charge in [-0.15, -0.1) is 5.12 Å². The second-order valence-corrected chi connectivity index (χ2v) is 10.7. The van der Waals surface area contributed by atoms with Crippen molar-refractivity contribution in [3.8, 4) is 22.3 Å². The highest BCUT2D eigenvalue weighted by Gasteiger charge is 2.24. The molecule has 0 bridgehead atoms. The Hall–Kier alpha value is -4.64. The molecule has 0 saturated heterocycles. The molecule has 3 N–H and O–H groups in total. The summed E-state index contributed by atoms with van der Waals surface area (Å²) in [6.07, 6.45) is 15.1. The number of hydrazine groups is 2. The Balaban J connectivity index is 1.36. The summed E-state index contributed by atoms with van der Waals surface area (Å²) in [4.78, 5) is 0. The molecule has 0 aliphatic heterocycles. The van der Waals surface area contributed by atoms with Crippen LogP contribution >= 0.6 is 0 Å². The number of nitrogens with zero attached hydrogens (tertiary/aromatic N) is 1. The number of para-hydroxylation sites is 1. The summed E-state index contributed by atoms with van der Waals surface area (Å²) in [5.74, 6) is 7.92. The predicted octanol–water partition coefficient (Wildman–Crippen LogP) is 9.25. The van der Waals surface area contributed by atoms with Crippen molar-refractivity contribution in [1.82, 2.24) is 5.12 Å². The highest BCUT2D eigenvalue weighted by molar-refractivity contribution is 5.99. The highest BCUT2D eigenvalue weighted by atomic mass is 16.3. The third kappa shape index (κ3) is 4.93. The molecule has 4 aromatic carbocycles. The van der Waals surface area contributed by atoms with Crippen molar-refractivity contribution in [2.24, 2.45) is 5.84 Å². The maximum Gasteiger partial charge on any atom is 0.142 e. The quantitative estimate of drug-likeness (QED) is 0.161. The Morgan fingerprint density at radius 2 is 1.54 bits per heavy atom. The van der Waals surface area contributed by atoms with Gasteiger partial charge in [-0.05, 0) is 60.1 Å². The number of anilines is 1. The van der Waals surface area contributed by atoms with Gasteiger partial charge >= 0.3 is 0 Å². The van der Waals surface area contributed by atoms with Crippen LogP contribution in [0.15, 0.2) is 131 Å². The first-order chi connectivity index (χ1) is 20.3. The van der Waals surface area contributed by atoms with Crippen LogP contribution in [0.1, 0.15) is 42.2 Å². The molecule has 0 radical (unpaired) electrons. The Labute approximate surface area is 241 Å². The summed E-state index contributed by atoms with van der Waals surface area (Å²) in [5, 5.41) is 2.93. The molecule has 0 spiro atoms. The molecule has 1 heterocycles. The molecule has 0 saturated carbocycles. The number of furan rings is 1. The summed E-state index contributed by atoms with van der Waals surface area (Å²) < 4.78 is 6.49. The van der Waals surface area contributed by atoms with Crippen LogP contribution in [0.3, 0.4) is 0 Å². The van der Waals surface area contributed by atoms with Gasteiger partial charge in [0.1, 0.15) is 11.3 Å². The van der Waals surface area contributed by atoms with E-state index in [0.29, 0.717) is 0 Å². The molecular weight excluding hydrogens is 502 g/mol. The van der Waals surface area contributed by atoms with Crippen LogP contribution in [0.25, 0.3) is 39.3 Å². The van der Waals surface area contributed by atoms with Gasteiger partial charge in [-0.1, -0.05) is 115 Å². The van der Waals surface area contributed by atoms with E-state index in [-0.39, 0.29) is 6.04 Å². The highest BCUT2D eigenvalue weighted by Crippen LogP contribution is 2.41. The van der Waals surface area contributed by atoms with Gasteiger partial charge in [-0.2, -0.15) is 0 Å². The van der Waals surface area contributed by atoms with E-state index in [1.54, 1.807) is 5.12 Å². The standard InChI is InChI=1S/C37H33N3O/c38-40(36(27-15-6-2-7-16-27)28-17-8-3-9-18-28)39-34-25-29(26-13-4-1-5-14-26)23-24-30(34)32-20-12-21-33-31-19-10-11-22-35(31)41-37(32)33/h1-2,4-8,11-18,20-25,36,39H,3,9-10,19,38H2. The van der Waals surface area contributed by atoms with E-state index in [4.69, 9.17) is 10.3 Å². The molecule has 4 nitrogen and oxygen atoms in total. The molecule has 2 aliphatic rings. The van der Waals surface area contributed by atoms with E-state index in [1.165, 1.54) is 16.5 Å². The van der Waals surface area contributed by atoms with Gasteiger partial charge in [-0.25, -0.2) is 5.84 Å². The smallest absolute Gasteiger partial charge is 0.142 e. The minimum absolute atomic E-state index is 0.155. The monoisotopic (exact) mass is 535 g/mol. The lowest BCUT2D eigenvalue weighted by atomic mass is 9.94. The largest absolute Gasteiger partial charge is 0.456 e. The van der Waals surface area contributed by atoms with E-state index in [9.17, 15) is 0 Å². The van der Waals surface area contributed by atoms with Crippen LogP contribution in [0.4, 0.5) is 5.69 Å². The first-order valence-electron chi connectivity index (χ1n) is 14.4. The van der Waals surface area contributed by atoms with Gasteiger partial charge < -0.3 is 9.84 Å². The van der Waals surface area contributed by atoms with Gasteiger partial charge in [0.15, 0.2) is 0 Å². The first kappa shape index (κ1) is 25.3. The molecule has 0 fully saturated rings. The summed E-state index contributed by atoms with van der Waals surface area (Å²) in [7, 11) is 0. The summed E-state index contributed by atoms with van der Waals surface area (Å²) in [6, 6.07) is 33.8. The molecule has 202 valence electrons. The average Bonchev–Trinajstić information content (AvgIpc) is 3.42. The number of hydrogen-bond acceptors (Lipinski definition) is 4. The van der Waals surface area contributed by atoms with Crippen LogP contribution in [-0.2, 0) is 6.42 Å². The number of fused-ring (bicyclic) bond motifs is 3. The topological polar surface area (TPSA) is 54.4 Å². The van der Waals surface area contributed by atoms with E-state index < -0.39 is 0 Å². The van der Waals surface area contributed by atoms with Crippen LogP contribution in [0.2, 0.25) is 0 Å². The normalized spacial score (nSPS) is 15.1. The van der Waals surface area contributed by atoms with Crippen LogP contribution in [0.5, 0.6) is 0 Å². The minimum Gasteiger partial charge on any atom is -0.456 e. The number of nitrogens with one attached hydrogen (secondary N) is 1. The molecule has 2 aliphatic carbocycles. The van der Waals surface area contributed by atoms with Gasteiger partial charge in [-0.3, -0.25) is 0 Å². The van der Waals surface area contributed by atoms with Crippen molar-refractivity contribution in [1.29, 1.82) is 0 Å². The first-order valence-corrected chi connectivity index (χ1v) is 14.4. The van der Waals surface area contributed by atoms with Crippen LogP contribution in [-0.4, -0.2) is 5.12 Å². The number of nitrogens with two attached hydrogens (primary N) is 1. The predicted molar refractivity (Wildman–Crippen MR) is 170 cm³/mol. The number of hydrogen-bond donors (Lipinski definition) is 2. The Morgan fingerprint density at radius 3 is 2.34 bits per heavy atom. The molecule has 7 rings (SSSR count). The lowest BCUT2D eigenvalue weighted by Crippen LogP contribution is -2.41. The fraction of sp³-hybridized carbons (Fsp3) is 0.135. The van der Waals surface area contributed by atoms with Crippen molar-refractivity contribution in [2.75, 3.05) is 5.43 Å². The minimum atomic E-state index is -0.155. The van der Waals surface area contributed by atoms with Crippen molar-refractivity contribution in [3.63, 3.8) is 0 Å². The maximum absolute atomic E-state index is 6.96. The van der Waals surface area contributed by atoms with Crippen molar-refractivity contribution in [3.05, 3.63) is 144 Å². The van der Waals surface area contributed by atoms with E-state index >= 15 is 0 Å². The third-order valence-electron chi connectivity index (χ3n) is 8.08. The van der Waals surface area contributed by atoms with Crippen molar-refractivity contribution >= 4 is 22.7 Å². The van der Waals surface area contributed by atoms with Crippen molar-refractivity contribution < 1.29 is 4.42 Å². The molecule has 4 heteroatoms. The molecule has 1 atom stereocenters. The fourth-order valence-corrected chi connectivity index (χ4v) is 6.08. The summed E-state index contributed by atoms with van der Waals surface area (Å²) in [6.45, 7) is 0. The molecule has 41 heavy (non-hydrogen) atoms. The van der Waals surface area contributed by atoms with E-state index in [1.807, 2.05) is 12.1 Å². The summed E-state index contributed by atoms with van der Waals surface area (Å²) in [5.41, 5.74) is 13.4. The van der Waals surface area contributed by atoms with E-state index in [2.05, 4.69) is 121 Å². The van der Waals surface area contributed by atoms with Gasteiger partial charge in [0, 0.05) is 22.1 Å². The SMILES string of the molecule is NN(Nc1cc(-c2ccccc2)ccc1-c1cccc2c3c(oc12)C=CCC3)C(C1=CCCC=C1)c1ccccc1. The number of benzene rings is 4. The number of aryl methyl sites for hydroxylation is 1. The lowest BCUT2D eigenvalue weighted by Gasteiger charge is -2.31. The Kier molecular flexibility index (Phi) is 6.85. The fourth-order valence-electron chi connectivity index (χ4n) is 6.08. The van der Waals surface area contributed by atoms with Crippen LogP contribution < -0.4 is 11.3 Å². The summed E-state index contributed by atoms with van der Waals surface area (Å²) >= 11 is 0. The Morgan fingerprint density at radius 1 is 0.732 bits per heavy atom. The van der Waals surface area contributed by atoms with Crippen molar-refractivity contribution in [2.45, 2.75) is 31.7 Å². The Bertz CT molecular complexity index is 1780. The zero-order valence-electron chi connectivity index (χ0n) is 23.0. The second-order valence-electron chi connectivity index (χ2n) is 10.7. The molecule has 0 amide bonds. The molecule has 1 unspecified atom stereocenters. The molecule has 1 aromatic heterocycles. The maximum atomic E-state index is 6.96. The van der Waals surface area contributed by atoms with Gasteiger partial charge in [0.05, 0.1) is 11.7 Å². The number of allylic oxidation sites excluding steroid dienone is 3. The molecular formula is C37H33N3O. The zero-order valence-corrected chi connectivity index (χ0v) is 23.0. The van der Waals surface area contributed by atoms with E-state index in [0.717, 1.165) is 70.5 Å². The zero-order chi connectivity index (χ0) is 27.6. The third-order valence-corrected chi connectivity index (χ3v) is 8.08. The van der Waals surface area contributed by atoms with Gasteiger partial charge in [0.25, 0.3) is 0 Å². The number of rotatable bonds is 7. The lowest BCUT2D eigenvalue weighted by molar-refractivity contribution is 0.283. The second kappa shape index (κ2) is 11.1. The van der Waals surface area contributed by atoms with Crippen LogP contribution in [0, 0.1) is 0 Å². The van der Waals surface area contributed by atoms with Gasteiger partial charge in [0.2, 0.25) is 0 Å². The average molecular weight is 536 g/mol.